The van der Waals surface area contributed by atoms with E-state index < -0.39 is 0 Å². The molecule has 0 spiro atoms. The highest BCUT2D eigenvalue weighted by Gasteiger charge is 2.38. The topological polar surface area (TPSA) is 64.6 Å². The van der Waals surface area contributed by atoms with E-state index in [1.165, 1.54) is 24.2 Å². The predicted octanol–water partition coefficient (Wildman–Crippen LogP) is 3.80. The first-order chi connectivity index (χ1) is 13.7. The highest BCUT2D eigenvalue weighted by atomic mass is 32.1. The van der Waals surface area contributed by atoms with Crippen LogP contribution in [0.4, 0.5) is 27.2 Å². The Hall–Kier alpha value is -2.35. The van der Waals surface area contributed by atoms with Gasteiger partial charge in [0.2, 0.25) is 0 Å². The van der Waals surface area contributed by atoms with Crippen LogP contribution in [0.5, 0.6) is 0 Å². The van der Waals surface area contributed by atoms with Crippen molar-refractivity contribution in [1.82, 2.24) is 9.97 Å². The molecule has 0 saturated carbocycles. The molecule has 3 aliphatic rings. The fourth-order valence-corrected chi connectivity index (χ4v) is 5.20. The van der Waals surface area contributed by atoms with E-state index in [2.05, 4.69) is 39.2 Å². The van der Waals surface area contributed by atoms with Crippen LogP contribution in [-0.4, -0.2) is 48.2 Å². The minimum atomic E-state index is -0.126. The summed E-state index contributed by atoms with van der Waals surface area (Å²) in [6, 6.07) is 4.31. The van der Waals surface area contributed by atoms with E-state index in [9.17, 15) is 4.79 Å². The van der Waals surface area contributed by atoms with Crippen LogP contribution < -0.4 is 20.0 Å². The largest absolute Gasteiger partial charge is 0.366 e. The maximum Gasteiger partial charge on any atom is 0.329 e. The normalized spacial score (nSPS) is 24.1. The Morgan fingerprint density at radius 2 is 2.04 bits per heavy atom. The zero-order valence-electron chi connectivity index (χ0n) is 16.2. The molecule has 5 heterocycles. The lowest BCUT2D eigenvalue weighted by molar-refractivity contribution is 0.252. The number of nitrogens with one attached hydrogen (secondary N) is 1. The third kappa shape index (κ3) is 3.19. The summed E-state index contributed by atoms with van der Waals surface area (Å²) in [5, 5.41) is 5.47. The number of rotatable bonds is 2. The molecule has 2 atom stereocenters. The van der Waals surface area contributed by atoms with Crippen molar-refractivity contribution in [3.63, 3.8) is 0 Å². The Kier molecular flexibility index (Phi) is 4.58. The van der Waals surface area contributed by atoms with Gasteiger partial charge in [-0.25, -0.2) is 14.8 Å². The molecule has 2 bridgehead atoms. The second kappa shape index (κ2) is 7.24. The minimum Gasteiger partial charge on any atom is -0.366 e. The maximum atomic E-state index is 13.2. The number of urea groups is 1. The van der Waals surface area contributed by atoms with Crippen molar-refractivity contribution in [2.45, 2.75) is 38.6 Å². The number of carbonyl (C=O) groups excluding carboxylic acids is 1. The van der Waals surface area contributed by atoms with E-state index in [0.717, 1.165) is 56.3 Å². The van der Waals surface area contributed by atoms with Gasteiger partial charge in [0.05, 0.1) is 11.7 Å². The molecule has 1 N–H and O–H groups in total. The summed E-state index contributed by atoms with van der Waals surface area (Å²) in [5.41, 5.74) is 1.07. The molecule has 7 nitrogen and oxygen atoms in total. The van der Waals surface area contributed by atoms with Crippen LogP contribution in [0.25, 0.3) is 0 Å². The first-order valence-electron chi connectivity index (χ1n) is 10.2. The Morgan fingerprint density at radius 1 is 1.18 bits per heavy atom. The second-order valence-corrected chi connectivity index (χ2v) is 8.98. The molecular weight excluding hydrogens is 372 g/mol. The second-order valence-electron chi connectivity index (χ2n) is 8.09. The summed E-state index contributed by atoms with van der Waals surface area (Å²) >= 11 is 1.44. The summed E-state index contributed by atoms with van der Waals surface area (Å²) in [6.07, 6.45) is 6.29. The molecule has 0 radical (unpaired) electrons. The molecule has 3 aliphatic heterocycles. The smallest absolute Gasteiger partial charge is 0.329 e. The molecule has 2 aromatic rings. The third-order valence-corrected chi connectivity index (χ3v) is 6.70. The number of pyridine rings is 1. The van der Waals surface area contributed by atoms with E-state index in [0.29, 0.717) is 11.0 Å². The fourth-order valence-electron chi connectivity index (χ4n) is 4.68. The van der Waals surface area contributed by atoms with Crippen molar-refractivity contribution in [3.05, 3.63) is 23.7 Å². The Balaban J connectivity index is 1.50. The van der Waals surface area contributed by atoms with Gasteiger partial charge in [0.15, 0.2) is 10.9 Å². The van der Waals surface area contributed by atoms with Gasteiger partial charge in [0, 0.05) is 37.8 Å². The van der Waals surface area contributed by atoms with Crippen molar-refractivity contribution >= 4 is 39.8 Å². The van der Waals surface area contributed by atoms with Crippen molar-refractivity contribution in [2.75, 3.05) is 46.2 Å². The molecule has 2 saturated heterocycles. The van der Waals surface area contributed by atoms with Crippen LogP contribution in [0.3, 0.4) is 0 Å². The predicted molar refractivity (Wildman–Crippen MR) is 114 cm³/mol. The van der Waals surface area contributed by atoms with Crippen molar-refractivity contribution in [3.8, 4) is 0 Å². The number of nitrogens with zero attached hydrogens (tertiary/aromatic N) is 5. The molecule has 0 aliphatic carbocycles. The van der Waals surface area contributed by atoms with Gasteiger partial charge in [0.1, 0.15) is 5.82 Å². The highest BCUT2D eigenvalue weighted by molar-refractivity contribution is 7.13. The van der Waals surface area contributed by atoms with E-state index >= 15 is 0 Å². The number of hydrogen-bond donors (Lipinski definition) is 1. The van der Waals surface area contributed by atoms with Gasteiger partial charge in [-0.3, -0.25) is 10.2 Å². The first kappa shape index (κ1) is 17.7. The molecule has 28 heavy (non-hydrogen) atoms. The molecule has 8 heteroatoms. The van der Waals surface area contributed by atoms with E-state index in [4.69, 9.17) is 4.98 Å². The lowest BCUT2D eigenvalue weighted by Crippen LogP contribution is -2.56. The molecule has 5 rings (SSSR count). The van der Waals surface area contributed by atoms with Crippen molar-refractivity contribution in [2.24, 2.45) is 5.92 Å². The number of thiazole rings is 1. The van der Waals surface area contributed by atoms with Gasteiger partial charge >= 0.3 is 6.03 Å². The van der Waals surface area contributed by atoms with Gasteiger partial charge in [-0.1, -0.05) is 6.92 Å². The number of hydrogen-bond acceptors (Lipinski definition) is 6. The number of piperidine rings is 2. The standard InChI is InChI=1S/C20H26N6OS/c1-14-4-2-10-25(12-14)17-7-6-16-18(22-17)26(15-5-3-9-24(16)13-15)20(27)23-19-21-8-11-28-19/h6-8,11,14-15H,2-5,9-10,12-13H2,1H3,(H,21,23,27)/t14?,15-/m1/s1. The summed E-state index contributed by atoms with van der Waals surface area (Å²) in [6.45, 7) is 6.28. The van der Waals surface area contributed by atoms with Crippen LogP contribution >= 0.6 is 11.3 Å². The number of carbonyl (C=O) groups is 1. The first-order valence-corrected chi connectivity index (χ1v) is 11.1. The third-order valence-electron chi connectivity index (χ3n) is 6.02. The van der Waals surface area contributed by atoms with E-state index in [1.54, 1.807) is 6.20 Å². The maximum absolute atomic E-state index is 13.2. The van der Waals surface area contributed by atoms with E-state index in [-0.39, 0.29) is 12.1 Å². The van der Waals surface area contributed by atoms with Gasteiger partial charge < -0.3 is 9.80 Å². The van der Waals surface area contributed by atoms with Gasteiger partial charge in [0.25, 0.3) is 0 Å². The summed E-state index contributed by atoms with van der Waals surface area (Å²) in [5.74, 6) is 2.46. The molecule has 148 valence electrons. The van der Waals surface area contributed by atoms with Gasteiger partial charge in [-0.2, -0.15) is 0 Å². The summed E-state index contributed by atoms with van der Waals surface area (Å²) < 4.78 is 0. The van der Waals surface area contributed by atoms with Crippen LogP contribution in [0.2, 0.25) is 0 Å². The Morgan fingerprint density at radius 3 is 2.86 bits per heavy atom. The van der Waals surface area contributed by atoms with Gasteiger partial charge in [-0.15, -0.1) is 11.3 Å². The fraction of sp³-hybridized carbons (Fsp3) is 0.550. The van der Waals surface area contributed by atoms with Crippen LogP contribution in [0.1, 0.15) is 32.6 Å². The average molecular weight is 399 g/mol. The molecule has 2 fully saturated rings. The molecule has 2 aromatic heterocycles. The van der Waals surface area contributed by atoms with Crippen molar-refractivity contribution < 1.29 is 4.79 Å². The number of aromatic nitrogens is 2. The molecule has 1 unspecified atom stereocenters. The molecular formula is C20H26N6OS. The number of anilines is 4. The summed E-state index contributed by atoms with van der Waals surface area (Å²) in [4.78, 5) is 29.0. The minimum absolute atomic E-state index is 0.126. The monoisotopic (exact) mass is 398 g/mol. The Labute approximate surface area is 169 Å². The van der Waals surface area contributed by atoms with Crippen LogP contribution in [-0.2, 0) is 0 Å². The highest BCUT2D eigenvalue weighted by Crippen LogP contribution is 2.40. The van der Waals surface area contributed by atoms with Crippen molar-refractivity contribution in [1.29, 1.82) is 0 Å². The van der Waals surface area contributed by atoms with E-state index in [1.807, 2.05) is 10.3 Å². The zero-order valence-corrected chi connectivity index (χ0v) is 17.0. The quantitative estimate of drug-likeness (QED) is 0.834. The zero-order chi connectivity index (χ0) is 19.1. The average Bonchev–Trinajstić information content (AvgIpc) is 3.21. The van der Waals surface area contributed by atoms with Gasteiger partial charge in [-0.05, 0) is 43.7 Å². The Bertz CT molecular complexity index is 856. The SMILES string of the molecule is CC1CCCN(c2ccc3c(n2)N(C(=O)Nc2nccs2)[C@@H]2CCCN3C2)C1. The van der Waals surface area contributed by atoms with Crippen LogP contribution in [0.15, 0.2) is 23.7 Å². The summed E-state index contributed by atoms with van der Waals surface area (Å²) in [7, 11) is 0. The molecule has 0 aromatic carbocycles. The lowest BCUT2D eigenvalue weighted by atomic mass is 9.99. The molecule has 2 amide bonds. The number of fused-ring (bicyclic) bond motifs is 4. The van der Waals surface area contributed by atoms with Crippen LogP contribution in [0, 0.1) is 5.92 Å². The number of amides is 2. The lowest BCUT2D eigenvalue weighted by Gasteiger charge is -2.46.